The lowest BCUT2D eigenvalue weighted by Crippen LogP contribution is -2.38. The molecule has 0 radical (unpaired) electrons. The fourth-order valence-electron chi connectivity index (χ4n) is 3.24. The molecule has 5 nitrogen and oxygen atoms in total. The van der Waals surface area contributed by atoms with E-state index in [1.807, 2.05) is 0 Å². The van der Waals surface area contributed by atoms with Crippen molar-refractivity contribution < 1.29 is 23.2 Å². The second kappa shape index (κ2) is 7.87. The minimum atomic E-state index is -5.16. The van der Waals surface area contributed by atoms with Crippen LogP contribution in [0.25, 0.3) is 0 Å². The Morgan fingerprint density at radius 3 is 2.03 bits per heavy atom. The average molecular weight is 494 g/mol. The van der Waals surface area contributed by atoms with Gasteiger partial charge < -0.3 is 10.2 Å². The average Bonchev–Trinajstić information content (AvgIpc) is 2.62. The first-order valence-electron chi connectivity index (χ1n) is 7.89. The molecule has 3 aromatic rings. The molecule has 1 atom stereocenters. The number of aromatic hydroxyl groups is 2. The minimum absolute atomic E-state index is 0.0930. The molecule has 3 N–H and O–H groups in total. The summed E-state index contributed by atoms with van der Waals surface area (Å²) in [4.78, 5) is 0. The quantitative estimate of drug-likeness (QED) is 0.311. The van der Waals surface area contributed by atoms with Crippen molar-refractivity contribution >= 4 is 56.5 Å². The summed E-state index contributed by atoms with van der Waals surface area (Å²) >= 11 is 24.3. The van der Waals surface area contributed by atoms with Gasteiger partial charge in [-0.3, -0.25) is 4.55 Å². The van der Waals surface area contributed by atoms with Crippen LogP contribution >= 0.6 is 46.4 Å². The topological polar surface area (TPSA) is 94.8 Å². The van der Waals surface area contributed by atoms with E-state index in [0.717, 1.165) is 6.07 Å². The summed E-state index contributed by atoms with van der Waals surface area (Å²) in [6.07, 6.45) is 0. The first-order chi connectivity index (χ1) is 13.5. The molecule has 0 saturated carbocycles. The third-order valence-electron chi connectivity index (χ3n) is 4.39. The van der Waals surface area contributed by atoms with Gasteiger partial charge in [-0.05, 0) is 42.0 Å². The highest BCUT2D eigenvalue weighted by Crippen LogP contribution is 2.54. The Kier molecular flexibility index (Phi) is 5.98. The van der Waals surface area contributed by atoms with E-state index in [9.17, 15) is 23.2 Å². The van der Waals surface area contributed by atoms with Crippen molar-refractivity contribution in [2.24, 2.45) is 0 Å². The molecule has 1 unspecified atom stereocenters. The fourth-order valence-corrected chi connectivity index (χ4v) is 5.53. The zero-order chi connectivity index (χ0) is 21.6. The SMILES string of the molecule is O=S(=O)(O)C(c1cccc(Cl)c1)(c1ccc(Cl)cc1Cl)c1c(O)ccc(Cl)c1O. The summed E-state index contributed by atoms with van der Waals surface area (Å²) in [5, 5.41) is 21.1. The number of hydrogen-bond acceptors (Lipinski definition) is 4. The monoisotopic (exact) mass is 492 g/mol. The molecule has 10 heteroatoms. The van der Waals surface area contributed by atoms with E-state index in [1.165, 1.54) is 48.5 Å². The van der Waals surface area contributed by atoms with Crippen LogP contribution < -0.4 is 0 Å². The van der Waals surface area contributed by atoms with Gasteiger partial charge in [0.25, 0.3) is 10.1 Å². The number of benzene rings is 3. The van der Waals surface area contributed by atoms with E-state index in [4.69, 9.17) is 46.4 Å². The Morgan fingerprint density at radius 1 is 0.793 bits per heavy atom. The third-order valence-corrected chi connectivity index (χ3v) is 6.91. The van der Waals surface area contributed by atoms with E-state index >= 15 is 0 Å². The molecular formula is C19H12Cl4O5S. The number of hydrogen-bond donors (Lipinski definition) is 3. The fraction of sp³-hybridized carbons (Fsp3) is 0.0526. The van der Waals surface area contributed by atoms with Crippen LogP contribution in [0.1, 0.15) is 16.7 Å². The Balaban J connectivity index is 2.65. The third kappa shape index (κ3) is 3.65. The maximum atomic E-state index is 13.0. The van der Waals surface area contributed by atoms with Crippen LogP contribution in [0.15, 0.2) is 54.6 Å². The Bertz CT molecular complexity index is 1210. The highest BCUT2D eigenvalue weighted by Gasteiger charge is 2.53. The zero-order valence-electron chi connectivity index (χ0n) is 14.3. The number of phenolic OH excluding ortho intramolecular Hbond substituents is 2. The summed E-state index contributed by atoms with van der Waals surface area (Å²) < 4.78 is 33.9. The molecule has 0 aliphatic rings. The first-order valence-corrected chi connectivity index (χ1v) is 10.8. The number of phenols is 2. The van der Waals surface area contributed by atoms with E-state index in [1.54, 1.807) is 0 Å². The van der Waals surface area contributed by atoms with Crippen LogP contribution in [0.2, 0.25) is 20.1 Å². The van der Waals surface area contributed by atoms with Gasteiger partial charge in [0.15, 0.2) is 4.75 Å². The van der Waals surface area contributed by atoms with Crippen molar-refractivity contribution in [2.45, 2.75) is 4.75 Å². The molecule has 0 aliphatic heterocycles. The smallest absolute Gasteiger partial charge is 0.283 e. The summed E-state index contributed by atoms with van der Waals surface area (Å²) in [6, 6.07) is 11.7. The molecule has 0 fully saturated rings. The minimum Gasteiger partial charge on any atom is -0.507 e. The molecule has 3 aromatic carbocycles. The van der Waals surface area contributed by atoms with Crippen LogP contribution in [-0.4, -0.2) is 23.2 Å². The zero-order valence-corrected chi connectivity index (χ0v) is 18.1. The molecule has 0 heterocycles. The normalized spacial score (nSPS) is 13.8. The molecule has 0 aliphatic carbocycles. The standard InChI is InChI=1S/C19H12Cl4O5S/c20-11-3-1-2-10(8-11)19(29(26,27)28,13-5-4-12(21)9-15(13)23)17-16(24)7-6-14(22)18(17)25/h1-9,24-25H,(H,26,27,28). The molecule has 29 heavy (non-hydrogen) atoms. The van der Waals surface area contributed by atoms with Gasteiger partial charge in [-0.15, -0.1) is 0 Å². The lowest BCUT2D eigenvalue weighted by molar-refractivity contribution is 0.416. The largest absolute Gasteiger partial charge is 0.507 e. The summed E-state index contributed by atoms with van der Waals surface area (Å²) in [6.45, 7) is 0. The lowest BCUT2D eigenvalue weighted by Gasteiger charge is -2.34. The highest BCUT2D eigenvalue weighted by molar-refractivity contribution is 7.87. The van der Waals surface area contributed by atoms with Crippen molar-refractivity contribution in [1.82, 2.24) is 0 Å². The van der Waals surface area contributed by atoms with Crippen molar-refractivity contribution in [3.05, 3.63) is 91.4 Å². The van der Waals surface area contributed by atoms with Gasteiger partial charge in [-0.2, -0.15) is 8.42 Å². The van der Waals surface area contributed by atoms with Crippen molar-refractivity contribution in [3.63, 3.8) is 0 Å². The molecular weight excluding hydrogens is 482 g/mol. The molecule has 0 spiro atoms. The Labute approximate surface area is 186 Å². The Hall–Kier alpha value is -1.67. The van der Waals surface area contributed by atoms with Gasteiger partial charge in [-0.1, -0.05) is 64.6 Å². The van der Waals surface area contributed by atoms with Crippen LogP contribution in [0.4, 0.5) is 0 Å². The highest BCUT2D eigenvalue weighted by atomic mass is 35.5. The van der Waals surface area contributed by atoms with Crippen LogP contribution in [0.3, 0.4) is 0 Å². The van der Waals surface area contributed by atoms with Gasteiger partial charge in [0, 0.05) is 20.6 Å². The molecule has 0 aromatic heterocycles. The van der Waals surface area contributed by atoms with E-state index < -0.39 is 31.9 Å². The molecule has 152 valence electrons. The van der Waals surface area contributed by atoms with Gasteiger partial charge >= 0.3 is 0 Å². The summed E-state index contributed by atoms with van der Waals surface area (Å²) in [5.41, 5.74) is -0.857. The van der Waals surface area contributed by atoms with Crippen LogP contribution in [0.5, 0.6) is 11.5 Å². The van der Waals surface area contributed by atoms with E-state index in [2.05, 4.69) is 0 Å². The summed E-state index contributed by atoms with van der Waals surface area (Å²) in [7, 11) is -5.16. The van der Waals surface area contributed by atoms with Crippen molar-refractivity contribution in [3.8, 4) is 11.5 Å². The van der Waals surface area contributed by atoms with Crippen LogP contribution in [-0.2, 0) is 14.9 Å². The van der Waals surface area contributed by atoms with Crippen molar-refractivity contribution in [2.75, 3.05) is 0 Å². The molecule has 0 bridgehead atoms. The lowest BCUT2D eigenvalue weighted by atomic mass is 9.82. The Morgan fingerprint density at radius 2 is 1.45 bits per heavy atom. The summed E-state index contributed by atoms with van der Waals surface area (Å²) in [5.74, 6) is -1.40. The van der Waals surface area contributed by atoms with Gasteiger partial charge in [0.2, 0.25) is 0 Å². The second-order valence-electron chi connectivity index (χ2n) is 6.08. The van der Waals surface area contributed by atoms with Gasteiger partial charge in [-0.25, -0.2) is 0 Å². The molecule has 0 saturated heterocycles. The predicted molar refractivity (Wildman–Crippen MR) is 114 cm³/mol. The van der Waals surface area contributed by atoms with Crippen molar-refractivity contribution in [1.29, 1.82) is 0 Å². The molecule has 3 rings (SSSR count). The first kappa shape index (κ1) is 22.0. The van der Waals surface area contributed by atoms with Gasteiger partial charge in [0.1, 0.15) is 11.5 Å². The molecule has 0 amide bonds. The second-order valence-corrected chi connectivity index (χ2v) is 9.33. The number of halogens is 4. The van der Waals surface area contributed by atoms with E-state index in [-0.39, 0.29) is 31.2 Å². The predicted octanol–water partition coefficient (Wildman–Crippen LogP) is 5.89. The maximum absolute atomic E-state index is 13.0. The van der Waals surface area contributed by atoms with E-state index in [0.29, 0.717) is 0 Å². The maximum Gasteiger partial charge on any atom is 0.283 e. The van der Waals surface area contributed by atoms with Crippen LogP contribution in [0, 0.1) is 0 Å². The number of rotatable bonds is 4. The van der Waals surface area contributed by atoms with Gasteiger partial charge in [0.05, 0.1) is 10.6 Å².